The predicted molar refractivity (Wildman–Crippen MR) is 45.4 cm³/mol. The number of imidazole rings is 1. The van der Waals surface area contributed by atoms with Crippen molar-refractivity contribution in [2.75, 3.05) is 5.73 Å². The van der Waals surface area contributed by atoms with E-state index in [0.717, 1.165) is 5.82 Å². The van der Waals surface area contributed by atoms with E-state index in [4.69, 9.17) is 5.73 Å². The molecule has 2 aromatic rings. The van der Waals surface area contributed by atoms with Crippen LogP contribution in [0.15, 0.2) is 0 Å². The van der Waals surface area contributed by atoms with Gasteiger partial charge >= 0.3 is 6.08 Å². The molecule has 0 saturated carbocycles. The van der Waals surface area contributed by atoms with E-state index in [-0.39, 0.29) is 5.82 Å². The highest BCUT2D eigenvalue weighted by Crippen LogP contribution is 2.17. The standard InChI is InChI=1S/C7H8FN5/c1-3-10-6-4(13(3)2)5(9)11-7(8)12-6/h1-2H3,(H2,9,11,12). The maximum absolute atomic E-state index is 12.7. The number of nitrogens with zero attached hydrogens (tertiary/aromatic N) is 4. The summed E-state index contributed by atoms with van der Waals surface area (Å²) in [6.07, 6.45) is -0.844. The van der Waals surface area contributed by atoms with Crippen LogP contribution in [0.1, 0.15) is 5.82 Å². The zero-order chi connectivity index (χ0) is 9.59. The van der Waals surface area contributed by atoms with Gasteiger partial charge in [-0.1, -0.05) is 0 Å². The minimum Gasteiger partial charge on any atom is -0.382 e. The van der Waals surface area contributed by atoms with E-state index in [0.29, 0.717) is 11.2 Å². The third kappa shape index (κ3) is 1.02. The van der Waals surface area contributed by atoms with E-state index < -0.39 is 6.08 Å². The van der Waals surface area contributed by atoms with E-state index >= 15 is 0 Å². The SMILES string of the molecule is Cc1nc2nc(F)nc(N)c2n1C. The third-order valence-electron chi connectivity index (χ3n) is 1.95. The van der Waals surface area contributed by atoms with E-state index in [1.807, 2.05) is 0 Å². The van der Waals surface area contributed by atoms with Crippen LogP contribution in [0.2, 0.25) is 0 Å². The molecule has 2 rings (SSSR count). The second-order valence-electron chi connectivity index (χ2n) is 2.77. The largest absolute Gasteiger partial charge is 0.382 e. The van der Waals surface area contributed by atoms with Crippen LogP contribution >= 0.6 is 0 Å². The van der Waals surface area contributed by atoms with Crippen molar-refractivity contribution in [1.82, 2.24) is 19.5 Å². The smallest absolute Gasteiger partial charge is 0.312 e. The minimum atomic E-state index is -0.844. The van der Waals surface area contributed by atoms with Crippen LogP contribution in [0.25, 0.3) is 11.2 Å². The number of aryl methyl sites for hydroxylation is 2. The molecule has 13 heavy (non-hydrogen) atoms. The Hall–Kier alpha value is -1.72. The van der Waals surface area contributed by atoms with Crippen LogP contribution in [0.5, 0.6) is 0 Å². The van der Waals surface area contributed by atoms with Gasteiger partial charge in [-0.25, -0.2) is 4.98 Å². The number of nitrogen functional groups attached to an aromatic ring is 1. The van der Waals surface area contributed by atoms with Gasteiger partial charge in [-0.2, -0.15) is 14.4 Å². The highest BCUT2D eigenvalue weighted by Gasteiger charge is 2.11. The Morgan fingerprint density at radius 1 is 1.31 bits per heavy atom. The fourth-order valence-electron chi connectivity index (χ4n) is 1.22. The van der Waals surface area contributed by atoms with Crippen molar-refractivity contribution in [2.45, 2.75) is 6.92 Å². The molecule has 0 unspecified atom stereocenters. The lowest BCUT2D eigenvalue weighted by Gasteiger charge is -1.98. The van der Waals surface area contributed by atoms with Gasteiger partial charge in [-0.3, -0.25) is 0 Å². The first-order chi connectivity index (χ1) is 6.09. The molecule has 0 atom stereocenters. The van der Waals surface area contributed by atoms with Gasteiger partial charge < -0.3 is 10.3 Å². The molecule has 5 nitrogen and oxygen atoms in total. The van der Waals surface area contributed by atoms with Gasteiger partial charge in [0.1, 0.15) is 11.3 Å². The molecule has 0 spiro atoms. The van der Waals surface area contributed by atoms with Crippen LogP contribution in [0, 0.1) is 13.0 Å². The number of nitrogens with two attached hydrogens (primary N) is 1. The molecule has 0 aromatic carbocycles. The van der Waals surface area contributed by atoms with Crippen molar-refractivity contribution >= 4 is 17.0 Å². The van der Waals surface area contributed by atoms with Crippen molar-refractivity contribution in [3.8, 4) is 0 Å². The van der Waals surface area contributed by atoms with Crippen molar-refractivity contribution in [3.63, 3.8) is 0 Å². The summed E-state index contributed by atoms with van der Waals surface area (Å²) >= 11 is 0. The van der Waals surface area contributed by atoms with Gasteiger partial charge in [0.05, 0.1) is 0 Å². The van der Waals surface area contributed by atoms with Gasteiger partial charge in [0.2, 0.25) is 0 Å². The summed E-state index contributed by atoms with van der Waals surface area (Å²) in [5, 5.41) is 0. The van der Waals surface area contributed by atoms with Gasteiger partial charge in [0.15, 0.2) is 11.5 Å². The summed E-state index contributed by atoms with van der Waals surface area (Å²) in [6.45, 7) is 1.79. The summed E-state index contributed by atoms with van der Waals surface area (Å²) in [6, 6.07) is 0. The molecule has 0 fully saturated rings. The lowest BCUT2D eigenvalue weighted by Crippen LogP contribution is -2.00. The van der Waals surface area contributed by atoms with Crippen LogP contribution in [0.3, 0.4) is 0 Å². The average Bonchev–Trinajstić information content (AvgIpc) is 2.27. The number of fused-ring (bicyclic) bond motifs is 1. The topological polar surface area (TPSA) is 69.6 Å². The molecule has 0 aliphatic heterocycles. The Bertz CT molecular complexity index is 475. The van der Waals surface area contributed by atoms with E-state index in [9.17, 15) is 4.39 Å². The zero-order valence-corrected chi connectivity index (χ0v) is 7.24. The van der Waals surface area contributed by atoms with Crippen molar-refractivity contribution in [1.29, 1.82) is 0 Å². The normalized spacial score (nSPS) is 11.0. The first-order valence-corrected chi connectivity index (χ1v) is 3.71. The summed E-state index contributed by atoms with van der Waals surface area (Å²) in [7, 11) is 1.78. The Morgan fingerprint density at radius 3 is 2.69 bits per heavy atom. The van der Waals surface area contributed by atoms with Crippen molar-refractivity contribution in [3.05, 3.63) is 11.9 Å². The Kier molecular flexibility index (Phi) is 1.45. The summed E-state index contributed by atoms with van der Waals surface area (Å²) in [5.41, 5.74) is 6.38. The molecule has 0 radical (unpaired) electrons. The molecule has 0 saturated heterocycles. The molecule has 0 amide bonds. The number of aromatic nitrogens is 4. The molecule has 2 aromatic heterocycles. The van der Waals surface area contributed by atoms with Crippen LogP contribution in [0.4, 0.5) is 10.2 Å². The molecule has 0 aliphatic carbocycles. The molecular formula is C7H8FN5. The van der Waals surface area contributed by atoms with Crippen molar-refractivity contribution < 1.29 is 4.39 Å². The summed E-state index contributed by atoms with van der Waals surface area (Å²) in [5.74, 6) is 0.840. The first kappa shape index (κ1) is 7.90. The second-order valence-corrected chi connectivity index (χ2v) is 2.77. The first-order valence-electron chi connectivity index (χ1n) is 3.71. The Balaban J connectivity index is 2.94. The van der Waals surface area contributed by atoms with Crippen molar-refractivity contribution in [2.24, 2.45) is 7.05 Å². The zero-order valence-electron chi connectivity index (χ0n) is 7.24. The number of rotatable bonds is 0. The lowest BCUT2D eigenvalue weighted by molar-refractivity contribution is 0.545. The number of hydrogen-bond donors (Lipinski definition) is 1. The molecule has 68 valence electrons. The van der Waals surface area contributed by atoms with Gasteiger partial charge in [0.25, 0.3) is 0 Å². The molecule has 0 aliphatic rings. The Morgan fingerprint density at radius 2 is 2.00 bits per heavy atom. The maximum atomic E-state index is 12.7. The summed E-state index contributed by atoms with van der Waals surface area (Å²) < 4.78 is 14.4. The molecule has 6 heteroatoms. The lowest BCUT2D eigenvalue weighted by atomic mass is 10.5. The number of halogens is 1. The molecule has 2 heterocycles. The molecule has 0 bridgehead atoms. The van der Waals surface area contributed by atoms with Crippen LogP contribution < -0.4 is 5.73 Å². The van der Waals surface area contributed by atoms with Crippen LogP contribution in [-0.4, -0.2) is 19.5 Å². The van der Waals surface area contributed by atoms with E-state index in [1.165, 1.54) is 0 Å². The van der Waals surface area contributed by atoms with E-state index in [2.05, 4.69) is 15.0 Å². The number of hydrogen-bond acceptors (Lipinski definition) is 4. The van der Waals surface area contributed by atoms with E-state index in [1.54, 1.807) is 18.5 Å². The highest BCUT2D eigenvalue weighted by atomic mass is 19.1. The van der Waals surface area contributed by atoms with Crippen LogP contribution in [-0.2, 0) is 7.05 Å². The highest BCUT2D eigenvalue weighted by molar-refractivity contribution is 5.81. The quantitative estimate of drug-likeness (QED) is 0.597. The van der Waals surface area contributed by atoms with Gasteiger partial charge in [-0.05, 0) is 6.92 Å². The van der Waals surface area contributed by atoms with Gasteiger partial charge in [0, 0.05) is 7.05 Å². The predicted octanol–water partition coefficient (Wildman–Crippen LogP) is 0.393. The molecule has 2 N–H and O–H groups in total. The monoisotopic (exact) mass is 181 g/mol. The summed E-state index contributed by atoms with van der Waals surface area (Å²) in [4.78, 5) is 11.0. The Labute approximate surface area is 73.4 Å². The second kappa shape index (κ2) is 2.38. The minimum absolute atomic E-state index is 0.116. The maximum Gasteiger partial charge on any atom is 0.312 e. The number of anilines is 1. The van der Waals surface area contributed by atoms with Gasteiger partial charge in [-0.15, -0.1) is 0 Å². The fraction of sp³-hybridized carbons (Fsp3) is 0.286. The third-order valence-corrected chi connectivity index (χ3v) is 1.95. The molecular weight excluding hydrogens is 173 g/mol. The fourth-order valence-corrected chi connectivity index (χ4v) is 1.22. The average molecular weight is 181 g/mol.